The largest absolute Gasteiger partial charge is 0.419 e. The van der Waals surface area contributed by atoms with Crippen LogP contribution in [-0.4, -0.2) is 30.0 Å². The number of hydrogen-bond donors (Lipinski definition) is 1. The first kappa shape index (κ1) is 15.9. The standard InChI is InChI=1S/C15H18BrN3O2/c1-2-3-9-20-10-8-17-11-14-18-19-15(21-14)12-6-4-5-7-13(12)16/h2,4-7,17H,1,3,8-11H2. The highest BCUT2D eigenvalue weighted by atomic mass is 79.9. The Bertz CT molecular complexity index is 572. The van der Waals surface area contributed by atoms with Crippen LogP contribution >= 0.6 is 15.9 Å². The maximum absolute atomic E-state index is 5.63. The Morgan fingerprint density at radius 2 is 2.14 bits per heavy atom. The molecule has 1 heterocycles. The van der Waals surface area contributed by atoms with Crippen molar-refractivity contribution in [2.45, 2.75) is 13.0 Å². The lowest BCUT2D eigenvalue weighted by molar-refractivity contribution is 0.140. The molecule has 1 aromatic heterocycles. The minimum Gasteiger partial charge on any atom is -0.419 e. The van der Waals surface area contributed by atoms with Crippen molar-refractivity contribution in [3.63, 3.8) is 0 Å². The summed E-state index contributed by atoms with van der Waals surface area (Å²) in [5, 5.41) is 11.3. The summed E-state index contributed by atoms with van der Waals surface area (Å²) in [4.78, 5) is 0. The fourth-order valence-corrected chi connectivity index (χ4v) is 2.13. The molecule has 0 saturated carbocycles. The topological polar surface area (TPSA) is 60.2 Å². The predicted molar refractivity (Wildman–Crippen MR) is 84.8 cm³/mol. The zero-order chi connectivity index (χ0) is 14.9. The van der Waals surface area contributed by atoms with Gasteiger partial charge in [0.05, 0.1) is 25.3 Å². The Kier molecular flexibility index (Phi) is 6.59. The van der Waals surface area contributed by atoms with Gasteiger partial charge in [-0.05, 0) is 34.5 Å². The maximum atomic E-state index is 5.63. The lowest BCUT2D eigenvalue weighted by atomic mass is 10.2. The van der Waals surface area contributed by atoms with Gasteiger partial charge >= 0.3 is 0 Å². The van der Waals surface area contributed by atoms with Gasteiger partial charge in [0, 0.05) is 11.0 Å². The fourth-order valence-electron chi connectivity index (χ4n) is 1.68. The number of nitrogens with one attached hydrogen (secondary N) is 1. The first-order chi connectivity index (χ1) is 10.3. The highest BCUT2D eigenvalue weighted by molar-refractivity contribution is 9.10. The first-order valence-corrected chi connectivity index (χ1v) is 7.57. The molecular formula is C15H18BrN3O2. The normalized spacial score (nSPS) is 10.7. The minimum absolute atomic E-state index is 0.515. The summed E-state index contributed by atoms with van der Waals surface area (Å²) in [5.74, 6) is 1.08. The summed E-state index contributed by atoms with van der Waals surface area (Å²) >= 11 is 3.47. The molecule has 2 aromatic rings. The maximum Gasteiger partial charge on any atom is 0.248 e. The molecule has 2 rings (SSSR count). The molecule has 0 aliphatic heterocycles. The van der Waals surface area contributed by atoms with Gasteiger partial charge in [0.2, 0.25) is 11.8 Å². The number of halogens is 1. The van der Waals surface area contributed by atoms with Gasteiger partial charge in [-0.2, -0.15) is 0 Å². The van der Waals surface area contributed by atoms with Gasteiger partial charge in [0.1, 0.15) is 0 Å². The van der Waals surface area contributed by atoms with Crippen molar-refractivity contribution in [1.82, 2.24) is 15.5 Å². The van der Waals surface area contributed by atoms with Gasteiger partial charge in [-0.1, -0.05) is 18.2 Å². The third-order valence-corrected chi connectivity index (χ3v) is 3.43. The van der Waals surface area contributed by atoms with Gasteiger partial charge in [-0.15, -0.1) is 16.8 Å². The molecule has 0 unspecified atom stereocenters. The van der Waals surface area contributed by atoms with Crippen LogP contribution in [-0.2, 0) is 11.3 Å². The second-order valence-electron chi connectivity index (χ2n) is 4.35. The van der Waals surface area contributed by atoms with Crippen LogP contribution in [0.5, 0.6) is 0 Å². The molecule has 0 fully saturated rings. The molecular weight excluding hydrogens is 334 g/mol. The number of hydrogen-bond acceptors (Lipinski definition) is 5. The van der Waals surface area contributed by atoms with E-state index in [-0.39, 0.29) is 0 Å². The van der Waals surface area contributed by atoms with E-state index in [1.807, 2.05) is 30.3 Å². The van der Waals surface area contributed by atoms with Crippen molar-refractivity contribution in [2.24, 2.45) is 0 Å². The van der Waals surface area contributed by atoms with Crippen LogP contribution in [0.25, 0.3) is 11.5 Å². The molecule has 0 aliphatic rings. The molecule has 1 N–H and O–H groups in total. The number of nitrogens with zero attached hydrogens (tertiary/aromatic N) is 2. The van der Waals surface area contributed by atoms with Crippen LogP contribution in [0.1, 0.15) is 12.3 Å². The average Bonchev–Trinajstić information content (AvgIpc) is 2.95. The SMILES string of the molecule is C=CCCOCCNCc1nnc(-c2ccccc2Br)o1. The van der Waals surface area contributed by atoms with E-state index in [4.69, 9.17) is 9.15 Å². The molecule has 0 atom stereocenters. The van der Waals surface area contributed by atoms with E-state index in [1.165, 1.54) is 0 Å². The minimum atomic E-state index is 0.515. The molecule has 0 bridgehead atoms. The van der Waals surface area contributed by atoms with Crippen molar-refractivity contribution >= 4 is 15.9 Å². The van der Waals surface area contributed by atoms with Crippen LogP contribution in [0.4, 0.5) is 0 Å². The summed E-state index contributed by atoms with van der Waals surface area (Å²) in [5.41, 5.74) is 0.893. The number of aromatic nitrogens is 2. The van der Waals surface area contributed by atoms with E-state index in [0.717, 1.165) is 23.0 Å². The summed E-state index contributed by atoms with van der Waals surface area (Å²) in [6.07, 6.45) is 2.72. The Morgan fingerprint density at radius 1 is 1.29 bits per heavy atom. The van der Waals surface area contributed by atoms with Gasteiger partial charge in [-0.3, -0.25) is 0 Å². The highest BCUT2D eigenvalue weighted by Crippen LogP contribution is 2.26. The number of benzene rings is 1. The van der Waals surface area contributed by atoms with Crippen LogP contribution in [0.3, 0.4) is 0 Å². The van der Waals surface area contributed by atoms with E-state index in [1.54, 1.807) is 0 Å². The predicted octanol–water partition coefficient (Wildman–Crippen LogP) is 3.18. The summed E-state index contributed by atoms with van der Waals surface area (Å²) in [7, 11) is 0. The van der Waals surface area contributed by atoms with Crippen molar-refractivity contribution in [3.05, 3.63) is 47.3 Å². The van der Waals surface area contributed by atoms with Crippen molar-refractivity contribution in [1.29, 1.82) is 0 Å². The van der Waals surface area contributed by atoms with Gasteiger partial charge in [-0.25, -0.2) is 0 Å². The van der Waals surface area contributed by atoms with Crippen LogP contribution < -0.4 is 5.32 Å². The van der Waals surface area contributed by atoms with E-state index >= 15 is 0 Å². The van der Waals surface area contributed by atoms with Crippen molar-refractivity contribution < 1.29 is 9.15 Å². The lowest BCUT2D eigenvalue weighted by Gasteiger charge is -2.02. The molecule has 0 saturated heterocycles. The molecule has 21 heavy (non-hydrogen) atoms. The zero-order valence-corrected chi connectivity index (χ0v) is 13.3. The molecule has 0 amide bonds. The fraction of sp³-hybridized carbons (Fsp3) is 0.333. The third-order valence-electron chi connectivity index (χ3n) is 2.74. The smallest absolute Gasteiger partial charge is 0.248 e. The Hall–Kier alpha value is -1.50. The second-order valence-corrected chi connectivity index (χ2v) is 5.20. The number of rotatable bonds is 9. The molecule has 6 heteroatoms. The molecule has 0 spiro atoms. The van der Waals surface area contributed by atoms with Crippen LogP contribution in [0, 0.1) is 0 Å². The van der Waals surface area contributed by atoms with E-state index in [0.29, 0.717) is 31.5 Å². The van der Waals surface area contributed by atoms with Crippen LogP contribution in [0.15, 0.2) is 45.8 Å². The summed E-state index contributed by atoms with van der Waals surface area (Å²) in [6, 6.07) is 7.75. The Morgan fingerprint density at radius 3 is 2.95 bits per heavy atom. The monoisotopic (exact) mass is 351 g/mol. The molecule has 0 radical (unpaired) electrons. The molecule has 0 aliphatic carbocycles. The number of ether oxygens (including phenoxy) is 1. The van der Waals surface area contributed by atoms with Crippen molar-refractivity contribution in [3.8, 4) is 11.5 Å². The molecule has 5 nitrogen and oxygen atoms in total. The average molecular weight is 352 g/mol. The zero-order valence-electron chi connectivity index (χ0n) is 11.7. The lowest BCUT2D eigenvalue weighted by Crippen LogP contribution is -2.19. The van der Waals surface area contributed by atoms with Gasteiger partial charge in [0.25, 0.3) is 0 Å². The van der Waals surface area contributed by atoms with E-state index < -0.39 is 0 Å². The third kappa shape index (κ3) is 5.08. The van der Waals surface area contributed by atoms with Gasteiger partial charge < -0.3 is 14.5 Å². The first-order valence-electron chi connectivity index (χ1n) is 6.78. The van der Waals surface area contributed by atoms with E-state index in [9.17, 15) is 0 Å². The summed E-state index contributed by atoms with van der Waals surface area (Å²) in [6.45, 7) is 6.27. The molecule has 112 valence electrons. The van der Waals surface area contributed by atoms with Crippen molar-refractivity contribution in [2.75, 3.05) is 19.8 Å². The highest BCUT2D eigenvalue weighted by Gasteiger charge is 2.10. The summed E-state index contributed by atoms with van der Waals surface area (Å²) < 4.78 is 12.0. The Balaban J connectivity index is 1.76. The Labute approximate surface area is 132 Å². The van der Waals surface area contributed by atoms with E-state index in [2.05, 4.69) is 38.0 Å². The van der Waals surface area contributed by atoms with Crippen LogP contribution in [0.2, 0.25) is 0 Å². The second kappa shape index (κ2) is 8.71. The molecule has 1 aromatic carbocycles. The quantitative estimate of drug-likeness (QED) is 0.555. The van der Waals surface area contributed by atoms with Gasteiger partial charge in [0.15, 0.2) is 0 Å².